The summed E-state index contributed by atoms with van der Waals surface area (Å²) in [5.74, 6) is -1.01. The second-order valence-corrected chi connectivity index (χ2v) is 7.71. The normalized spacial score (nSPS) is 21.7. The maximum Gasteiger partial charge on any atom is 0.168 e. The van der Waals surface area contributed by atoms with Gasteiger partial charge < -0.3 is 15.4 Å². The average molecular weight is 418 g/mol. The summed E-state index contributed by atoms with van der Waals surface area (Å²) < 4.78 is 49.9. The Balaban J connectivity index is 1.58. The third kappa shape index (κ3) is 3.15. The number of aromatic nitrogens is 4. The molecule has 3 aromatic heterocycles. The van der Waals surface area contributed by atoms with Gasteiger partial charge in [0.1, 0.15) is 29.0 Å². The molecule has 0 spiro atoms. The first kappa shape index (κ1) is 19.1. The first-order valence-electron chi connectivity index (χ1n) is 9.95. The number of methoxy groups -OCH3 is 1. The number of anilines is 1. The average Bonchev–Trinajstić information content (AvgIpc) is 3.28. The van der Waals surface area contributed by atoms with Crippen molar-refractivity contribution in [1.29, 1.82) is 0 Å². The Bertz CT molecular complexity index is 1100. The molecule has 10 heteroatoms. The Morgan fingerprint density at radius 1 is 1.20 bits per heavy atom. The van der Waals surface area contributed by atoms with E-state index in [-0.39, 0.29) is 29.7 Å². The van der Waals surface area contributed by atoms with Crippen LogP contribution in [0.5, 0.6) is 5.75 Å². The van der Waals surface area contributed by atoms with Gasteiger partial charge in [-0.25, -0.2) is 27.7 Å². The minimum Gasteiger partial charge on any atom is -0.495 e. The van der Waals surface area contributed by atoms with Gasteiger partial charge in [-0.15, -0.1) is 0 Å². The lowest BCUT2D eigenvalue weighted by Gasteiger charge is -2.26. The molecule has 2 aliphatic rings. The summed E-state index contributed by atoms with van der Waals surface area (Å²) in [6, 6.07) is 1.86. The Kier molecular flexibility index (Phi) is 4.73. The number of fused-ring (bicyclic) bond motifs is 1. The summed E-state index contributed by atoms with van der Waals surface area (Å²) in [5.41, 5.74) is 1.43. The standard InChI is InChI=1S/C20H21F3N6O/c1-30-16-6-17-25-9-15(29(17)28-18(16)10-3-2-4-10)19-11(21)5-12(22)20(27-19)26-14-8-24-7-13(14)23/h5-6,9-10,13-14,24H,2-4,7-8H2,1H3,(H,26,27)/t13?,14-/m1/s1. The number of pyridine rings is 1. The number of imidazole rings is 1. The molecule has 2 fully saturated rings. The van der Waals surface area contributed by atoms with E-state index >= 15 is 0 Å². The van der Waals surface area contributed by atoms with Crippen LogP contribution in [-0.2, 0) is 0 Å². The summed E-state index contributed by atoms with van der Waals surface area (Å²) >= 11 is 0. The molecule has 2 atom stereocenters. The Morgan fingerprint density at radius 3 is 2.70 bits per heavy atom. The fraction of sp³-hybridized carbons (Fsp3) is 0.450. The van der Waals surface area contributed by atoms with E-state index < -0.39 is 23.8 Å². The fourth-order valence-electron chi connectivity index (χ4n) is 3.91. The lowest BCUT2D eigenvalue weighted by atomic mass is 9.82. The van der Waals surface area contributed by atoms with Crippen LogP contribution in [-0.4, -0.2) is 52.0 Å². The third-order valence-electron chi connectivity index (χ3n) is 5.83. The quantitative estimate of drug-likeness (QED) is 0.663. The molecular formula is C20H21F3N6O. The molecule has 158 valence electrons. The Hall–Kier alpha value is -2.88. The van der Waals surface area contributed by atoms with Crippen molar-refractivity contribution in [1.82, 2.24) is 24.9 Å². The van der Waals surface area contributed by atoms with Crippen LogP contribution in [0.1, 0.15) is 30.9 Å². The predicted octanol–water partition coefficient (Wildman–Crippen LogP) is 3.07. The van der Waals surface area contributed by atoms with Crippen molar-refractivity contribution in [2.75, 3.05) is 25.5 Å². The molecule has 2 N–H and O–H groups in total. The highest BCUT2D eigenvalue weighted by Gasteiger charge is 2.29. The van der Waals surface area contributed by atoms with Crippen LogP contribution in [0.2, 0.25) is 0 Å². The molecular weight excluding hydrogens is 397 g/mol. The zero-order valence-corrected chi connectivity index (χ0v) is 16.3. The highest BCUT2D eigenvalue weighted by atomic mass is 19.1. The van der Waals surface area contributed by atoms with E-state index in [0.29, 0.717) is 17.9 Å². The minimum atomic E-state index is -1.19. The second kappa shape index (κ2) is 7.42. The van der Waals surface area contributed by atoms with Crippen LogP contribution in [0.3, 0.4) is 0 Å². The van der Waals surface area contributed by atoms with E-state index in [2.05, 4.69) is 25.7 Å². The van der Waals surface area contributed by atoms with Gasteiger partial charge in [-0.1, -0.05) is 6.42 Å². The summed E-state index contributed by atoms with van der Waals surface area (Å²) in [7, 11) is 1.58. The molecule has 0 radical (unpaired) electrons. The van der Waals surface area contributed by atoms with E-state index in [9.17, 15) is 13.2 Å². The molecule has 3 aromatic rings. The molecule has 1 unspecified atom stereocenters. The summed E-state index contributed by atoms with van der Waals surface area (Å²) in [5, 5.41) is 10.3. The van der Waals surface area contributed by atoms with Gasteiger partial charge in [0.15, 0.2) is 23.1 Å². The summed E-state index contributed by atoms with van der Waals surface area (Å²) in [4.78, 5) is 8.41. The number of nitrogens with one attached hydrogen (secondary N) is 2. The molecule has 30 heavy (non-hydrogen) atoms. The minimum absolute atomic E-state index is 0.106. The van der Waals surface area contributed by atoms with Gasteiger partial charge in [-0.2, -0.15) is 5.10 Å². The molecule has 4 heterocycles. The lowest BCUT2D eigenvalue weighted by molar-refractivity contribution is 0.341. The number of rotatable bonds is 5. The fourth-order valence-corrected chi connectivity index (χ4v) is 3.91. The van der Waals surface area contributed by atoms with E-state index in [1.165, 1.54) is 10.7 Å². The third-order valence-corrected chi connectivity index (χ3v) is 5.83. The number of halogens is 3. The molecule has 5 rings (SSSR count). The van der Waals surface area contributed by atoms with Crippen molar-refractivity contribution < 1.29 is 17.9 Å². The van der Waals surface area contributed by atoms with Gasteiger partial charge in [0.25, 0.3) is 0 Å². The van der Waals surface area contributed by atoms with Crippen molar-refractivity contribution in [3.8, 4) is 17.1 Å². The highest BCUT2D eigenvalue weighted by molar-refractivity contribution is 5.63. The largest absolute Gasteiger partial charge is 0.495 e. The van der Waals surface area contributed by atoms with Crippen LogP contribution in [0.25, 0.3) is 17.0 Å². The number of ether oxygens (including phenoxy) is 1. The topological polar surface area (TPSA) is 76.4 Å². The van der Waals surface area contributed by atoms with Crippen molar-refractivity contribution in [2.45, 2.75) is 37.4 Å². The molecule has 1 saturated heterocycles. The van der Waals surface area contributed by atoms with Gasteiger partial charge in [0, 0.05) is 31.1 Å². The monoisotopic (exact) mass is 418 g/mol. The number of nitrogens with zero attached hydrogens (tertiary/aromatic N) is 4. The van der Waals surface area contributed by atoms with Crippen LogP contribution in [0, 0.1) is 11.6 Å². The maximum atomic E-state index is 14.7. The maximum absolute atomic E-state index is 14.7. The van der Waals surface area contributed by atoms with Gasteiger partial charge in [0.2, 0.25) is 0 Å². The van der Waals surface area contributed by atoms with Crippen LogP contribution < -0.4 is 15.4 Å². The Morgan fingerprint density at radius 2 is 2.03 bits per heavy atom. The first-order chi connectivity index (χ1) is 14.5. The summed E-state index contributed by atoms with van der Waals surface area (Å²) in [6.07, 6.45) is 3.40. The van der Waals surface area contributed by atoms with Gasteiger partial charge in [-0.05, 0) is 12.8 Å². The first-order valence-corrected chi connectivity index (χ1v) is 9.95. The SMILES string of the molecule is COc1cc2ncc(-c3nc(N[C@@H]4CNCC4F)c(F)cc3F)n2nc1C1CCC1. The van der Waals surface area contributed by atoms with Crippen LogP contribution in [0.15, 0.2) is 18.3 Å². The summed E-state index contributed by atoms with van der Waals surface area (Å²) in [6.45, 7) is 0.507. The molecule has 0 aromatic carbocycles. The van der Waals surface area contributed by atoms with E-state index in [1.54, 1.807) is 13.2 Å². The van der Waals surface area contributed by atoms with E-state index in [0.717, 1.165) is 31.0 Å². The van der Waals surface area contributed by atoms with Crippen molar-refractivity contribution in [2.24, 2.45) is 0 Å². The number of hydrogen-bond donors (Lipinski definition) is 2. The van der Waals surface area contributed by atoms with Crippen molar-refractivity contribution >= 4 is 11.5 Å². The van der Waals surface area contributed by atoms with Gasteiger partial charge in [0.05, 0.1) is 19.3 Å². The molecule has 0 bridgehead atoms. The predicted molar refractivity (Wildman–Crippen MR) is 104 cm³/mol. The number of hydrogen-bond acceptors (Lipinski definition) is 6. The smallest absolute Gasteiger partial charge is 0.168 e. The number of alkyl halides is 1. The van der Waals surface area contributed by atoms with Crippen molar-refractivity contribution in [3.63, 3.8) is 0 Å². The highest BCUT2D eigenvalue weighted by Crippen LogP contribution is 2.40. The second-order valence-electron chi connectivity index (χ2n) is 7.71. The molecule has 7 nitrogen and oxygen atoms in total. The van der Waals surface area contributed by atoms with E-state index in [1.807, 2.05) is 0 Å². The zero-order chi connectivity index (χ0) is 20.8. The van der Waals surface area contributed by atoms with Crippen LogP contribution in [0.4, 0.5) is 19.0 Å². The molecule has 1 aliphatic carbocycles. The molecule has 1 saturated carbocycles. The Labute approximate surface area is 170 Å². The van der Waals surface area contributed by atoms with Crippen molar-refractivity contribution in [3.05, 3.63) is 35.7 Å². The lowest BCUT2D eigenvalue weighted by Crippen LogP contribution is -2.30. The van der Waals surface area contributed by atoms with E-state index in [4.69, 9.17) is 4.74 Å². The molecule has 1 aliphatic heterocycles. The van der Waals surface area contributed by atoms with Gasteiger partial charge >= 0.3 is 0 Å². The molecule has 0 amide bonds. The zero-order valence-electron chi connectivity index (χ0n) is 16.3. The van der Waals surface area contributed by atoms with Gasteiger partial charge in [-0.3, -0.25) is 0 Å². The van der Waals surface area contributed by atoms with Crippen LogP contribution >= 0.6 is 0 Å².